The first kappa shape index (κ1) is 27.2. The van der Waals surface area contributed by atoms with E-state index in [2.05, 4.69) is 6.07 Å². The summed E-state index contributed by atoms with van der Waals surface area (Å²) in [4.78, 5) is 23.0. The smallest absolute Gasteiger partial charge is 0.235 e. The van der Waals surface area contributed by atoms with Crippen LogP contribution in [0.5, 0.6) is 11.5 Å². The maximum absolute atomic E-state index is 5.89. The third kappa shape index (κ3) is 5.52. The van der Waals surface area contributed by atoms with Gasteiger partial charge in [0.2, 0.25) is 17.7 Å². The van der Waals surface area contributed by atoms with Crippen molar-refractivity contribution >= 4 is 23.3 Å². The van der Waals surface area contributed by atoms with Crippen LogP contribution in [0.15, 0.2) is 91.1 Å². The van der Waals surface area contributed by atoms with E-state index in [0.717, 1.165) is 28.2 Å². The first-order valence-electron chi connectivity index (χ1n) is 12.6. The molecule has 1 aliphatic rings. The van der Waals surface area contributed by atoms with Gasteiger partial charge in [-0.15, -0.1) is 17.7 Å². The van der Waals surface area contributed by atoms with E-state index < -0.39 is 5.79 Å². The van der Waals surface area contributed by atoms with Crippen LogP contribution in [0.1, 0.15) is 13.8 Å². The molecule has 0 saturated carbocycles. The van der Waals surface area contributed by atoms with E-state index in [1.807, 2.05) is 117 Å². The number of ether oxygens (including phenoxy) is 2. The molecule has 0 spiro atoms. The number of nitrogens with zero attached hydrogens (tertiary/aromatic N) is 6. The Kier molecular flexibility index (Phi) is 7.52. The maximum Gasteiger partial charge on any atom is 0.235 e. The summed E-state index contributed by atoms with van der Waals surface area (Å²) in [5.41, 5.74) is 4.28. The number of hydrogen-bond acceptors (Lipinski definition) is 8. The van der Waals surface area contributed by atoms with Gasteiger partial charge >= 0.3 is 0 Å². The standard InChI is InChI=1S/C31H27N6O2.Ir/c1-31(2)38-26-18-16-21(19-27(26)39-31)25-17-15-22(20-32-25)28-33-29(36(3)23-11-7-5-8-12-23)35-30(34-28)37(4)24-13-9-6-10-14-24;/h5-15,17-20H,1-4H3;/q-1;. The summed E-state index contributed by atoms with van der Waals surface area (Å²) in [5, 5.41) is 0. The van der Waals surface area contributed by atoms with Crippen LogP contribution in [-0.4, -0.2) is 39.8 Å². The van der Waals surface area contributed by atoms with E-state index in [1.165, 1.54) is 0 Å². The molecule has 0 N–H and O–H groups in total. The van der Waals surface area contributed by atoms with Gasteiger partial charge in [-0.05, 0) is 30.0 Å². The topological polar surface area (TPSA) is 76.5 Å². The molecule has 0 bridgehead atoms. The average Bonchev–Trinajstić information content (AvgIpc) is 3.30. The van der Waals surface area contributed by atoms with Crippen molar-refractivity contribution in [1.29, 1.82) is 0 Å². The van der Waals surface area contributed by atoms with Gasteiger partial charge in [0.25, 0.3) is 0 Å². The molecule has 5 aromatic rings. The predicted molar refractivity (Wildman–Crippen MR) is 152 cm³/mol. The number of aromatic nitrogens is 4. The van der Waals surface area contributed by atoms with Gasteiger partial charge in [0, 0.05) is 71.2 Å². The Morgan fingerprint density at radius 3 is 1.85 bits per heavy atom. The average molecular weight is 708 g/mol. The molecule has 203 valence electrons. The van der Waals surface area contributed by atoms with Gasteiger partial charge in [-0.3, -0.25) is 0 Å². The first-order chi connectivity index (χ1) is 18.9. The van der Waals surface area contributed by atoms with Crippen molar-refractivity contribution < 1.29 is 29.6 Å². The van der Waals surface area contributed by atoms with Gasteiger partial charge in [-0.25, -0.2) is 0 Å². The van der Waals surface area contributed by atoms with Crippen molar-refractivity contribution in [1.82, 2.24) is 19.9 Å². The van der Waals surface area contributed by atoms with Gasteiger partial charge in [0.1, 0.15) is 0 Å². The monoisotopic (exact) mass is 708 g/mol. The zero-order valence-corrected chi connectivity index (χ0v) is 24.9. The maximum atomic E-state index is 5.89. The van der Waals surface area contributed by atoms with Crippen LogP contribution in [0.4, 0.5) is 23.3 Å². The second-order valence-corrected chi connectivity index (χ2v) is 9.66. The van der Waals surface area contributed by atoms with Crippen molar-refractivity contribution in [2.75, 3.05) is 23.9 Å². The van der Waals surface area contributed by atoms with Crippen LogP contribution in [0.3, 0.4) is 0 Å². The zero-order chi connectivity index (χ0) is 27.0. The van der Waals surface area contributed by atoms with E-state index in [0.29, 0.717) is 29.2 Å². The van der Waals surface area contributed by atoms with Crippen molar-refractivity contribution in [2.24, 2.45) is 0 Å². The predicted octanol–water partition coefficient (Wildman–Crippen LogP) is 6.44. The molecule has 3 aromatic carbocycles. The fourth-order valence-electron chi connectivity index (χ4n) is 4.32. The van der Waals surface area contributed by atoms with Crippen LogP contribution < -0.4 is 19.3 Å². The second-order valence-electron chi connectivity index (χ2n) is 9.66. The van der Waals surface area contributed by atoms with Crippen molar-refractivity contribution in [2.45, 2.75) is 19.6 Å². The molecular formula is C31H27IrN6O2-. The molecule has 2 aromatic heterocycles. The van der Waals surface area contributed by atoms with Crippen LogP contribution in [0.25, 0.3) is 22.6 Å². The molecule has 0 aliphatic carbocycles. The van der Waals surface area contributed by atoms with E-state index in [9.17, 15) is 0 Å². The summed E-state index contributed by atoms with van der Waals surface area (Å²) in [5.74, 6) is 2.24. The first-order valence-corrected chi connectivity index (χ1v) is 12.6. The van der Waals surface area contributed by atoms with Crippen LogP contribution in [0, 0.1) is 6.07 Å². The van der Waals surface area contributed by atoms with E-state index in [-0.39, 0.29) is 20.1 Å². The van der Waals surface area contributed by atoms with E-state index in [1.54, 1.807) is 12.3 Å². The number of rotatable bonds is 6. The number of hydrogen-bond donors (Lipinski definition) is 0. The zero-order valence-electron chi connectivity index (χ0n) is 22.5. The van der Waals surface area contributed by atoms with Crippen molar-refractivity contribution in [3.05, 3.63) is 97.2 Å². The quantitative estimate of drug-likeness (QED) is 0.187. The number of pyridine rings is 1. The molecule has 0 amide bonds. The Morgan fingerprint density at radius 2 is 1.30 bits per heavy atom. The van der Waals surface area contributed by atoms with E-state index >= 15 is 0 Å². The minimum Gasteiger partial charge on any atom is -0.496 e. The second kappa shape index (κ2) is 11.0. The Balaban J connectivity index is 0.00000323. The molecule has 6 rings (SSSR count). The molecule has 9 heteroatoms. The van der Waals surface area contributed by atoms with Crippen LogP contribution in [-0.2, 0) is 20.1 Å². The van der Waals surface area contributed by atoms with E-state index in [4.69, 9.17) is 29.4 Å². The summed E-state index contributed by atoms with van der Waals surface area (Å²) in [6.07, 6.45) is 1.77. The Labute approximate surface area is 247 Å². The van der Waals surface area contributed by atoms with Gasteiger partial charge < -0.3 is 24.3 Å². The normalized spacial score (nSPS) is 12.9. The number of anilines is 4. The van der Waals surface area contributed by atoms with Crippen LogP contribution in [0.2, 0.25) is 0 Å². The molecule has 0 saturated heterocycles. The molecule has 0 atom stereocenters. The van der Waals surface area contributed by atoms with Gasteiger partial charge in [0.05, 0.1) is 11.5 Å². The van der Waals surface area contributed by atoms with Crippen LogP contribution >= 0.6 is 0 Å². The van der Waals surface area contributed by atoms with Gasteiger partial charge in [-0.2, -0.15) is 15.0 Å². The SMILES string of the molecule is CN(c1ccccc1)c1nc(-c2ccc(-c3[c-]cc4c(c3)OC(C)(C)O4)nc2)nc(N(C)c2ccccc2)n1.[Ir]. The third-order valence-electron chi connectivity index (χ3n) is 6.38. The van der Waals surface area contributed by atoms with Crippen molar-refractivity contribution in [3.63, 3.8) is 0 Å². The number of para-hydroxylation sites is 2. The molecule has 1 radical (unpaired) electrons. The molecule has 3 heterocycles. The largest absolute Gasteiger partial charge is 0.496 e. The Morgan fingerprint density at radius 1 is 0.725 bits per heavy atom. The molecular weight excluding hydrogens is 681 g/mol. The Bertz CT molecular complexity index is 1550. The van der Waals surface area contributed by atoms with Crippen molar-refractivity contribution in [3.8, 4) is 34.1 Å². The fraction of sp³-hybridized carbons (Fsp3) is 0.161. The summed E-state index contributed by atoms with van der Waals surface area (Å²) in [6, 6.07) is 30.8. The summed E-state index contributed by atoms with van der Waals surface area (Å²) in [6.45, 7) is 3.75. The number of fused-ring (bicyclic) bond motifs is 1. The van der Waals surface area contributed by atoms with Gasteiger partial charge in [0.15, 0.2) is 5.82 Å². The Hall–Kier alpha value is -4.33. The minimum absolute atomic E-state index is 0. The molecule has 8 nitrogen and oxygen atoms in total. The molecule has 0 fully saturated rings. The fourth-order valence-corrected chi connectivity index (χ4v) is 4.32. The summed E-state index contributed by atoms with van der Waals surface area (Å²) >= 11 is 0. The summed E-state index contributed by atoms with van der Waals surface area (Å²) in [7, 11) is 3.89. The molecule has 0 unspecified atom stereocenters. The summed E-state index contributed by atoms with van der Waals surface area (Å²) < 4.78 is 11.7. The minimum atomic E-state index is -0.694. The third-order valence-corrected chi connectivity index (χ3v) is 6.38. The molecule has 1 aliphatic heterocycles. The van der Waals surface area contributed by atoms with Gasteiger partial charge in [-0.1, -0.05) is 54.6 Å². The number of benzene rings is 3. The molecule has 40 heavy (non-hydrogen) atoms.